The average molecular weight is 438 g/mol. The first-order chi connectivity index (χ1) is 14.3. The number of hydrogen-bond donors (Lipinski definition) is 2. The van der Waals surface area contributed by atoms with Crippen LogP contribution in [0.25, 0.3) is 10.9 Å². The summed E-state index contributed by atoms with van der Waals surface area (Å²) in [6.45, 7) is 4.56. The largest absolute Gasteiger partial charge is 0.417 e. The molecule has 0 unspecified atom stereocenters. The summed E-state index contributed by atoms with van der Waals surface area (Å²) in [5, 5.41) is 8.05. The number of pyridine rings is 1. The molecular formula is C19H21F3N6OS. The molecule has 3 aromatic rings. The van der Waals surface area contributed by atoms with Gasteiger partial charge in [-0.25, -0.2) is 9.97 Å². The van der Waals surface area contributed by atoms with E-state index in [1.165, 1.54) is 6.07 Å². The van der Waals surface area contributed by atoms with Crippen molar-refractivity contribution >= 4 is 39.8 Å². The van der Waals surface area contributed by atoms with E-state index < -0.39 is 11.7 Å². The molecule has 0 radical (unpaired) electrons. The van der Waals surface area contributed by atoms with Crippen LogP contribution in [0.1, 0.15) is 23.4 Å². The van der Waals surface area contributed by atoms with Gasteiger partial charge in [0.15, 0.2) is 0 Å². The fourth-order valence-electron chi connectivity index (χ4n) is 3.21. The van der Waals surface area contributed by atoms with Crippen LogP contribution in [0, 0.1) is 0 Å². The molecule has 0 aromatic carbocycles. The van der Waals surface area contributed by atoms with Gasteiger partial charge in [0.05, 0.1) is 36.5 Å². The van der Waals surface area contributed by atoms with E-state index in [1.54, 1.807) is 13.2 Å². The highest BCUT2D eigenvalue weighted by Gasteiger charge is 2.32. The number of ether oxygens (including phenoxy) is 1. The van der Waals surface area contributed by atoms with E-state index in [-0.39, 0.29) is 6.04 Å². The Morgan fingerprint density at radius 3 is 2.63 bits per heavy atom. The van der Waals surface area contributed by atoms with E-state index in [0.717, 1.165) is 41.0 Å². The summed E-state index contributed by atoms with van der Waals surface area (Å²) in [6, 6.07) is 2.71. The SMILES string of the molecule is CNc1nc(N[C@H](C)c2cc(C(F)(F)F)cs2)c2cc(N3CCOCC3)ncc2n1. The van der Waals surface area contributed by atoms with E-state index in [0.29, 0.717) is 35.4 Å². The number of rotatable bonds is 5. The van der Waals surface area contributed by atoms with Crippen LogP contribution in [0.3, 0.4) is 0 Å². The average Bonchev–Trinajstić information content (AvgIpc) is 3.25. The molecule has 3 aromatic heterocycles. The van der Waals surface area contributed by atoms with Crippen molar-refractivity contribution in [2.24, 2.45) is 0 Å². The van der Waals surface area contributed by atoms with Crippen molar-refractivity contribution in [3.05, 3.63) is 34.2 Å². The molecule has 2 N–H and O–H groups in total. The van der Waals surface area contributed by atoms with Crippen LogP contribution in [0.2, 0.25) is 0 Å². The van der Waals surface area contributed by atoms with Crippen molar-refractivity contribution in [2.45, 2.75) is 19.1 Å². The van der Waals surface area contributed by atoms with Crippen molar-refractivity contribution in [2.75, 3.05) is 48.9 Å². The molecule has 1 saturated heterocycles. The van der Waals surface area contributed by atoms with Crippen LogP contribution in [0.5, 0.6) is 0 Å². The molecule has 30 heavy (non-hydrogen) atoms. The van der Waals surface area contributed by atoms with Crippen molar-refractivity contribution in [1.82, 2.24) is 15.0 Å². The molecule has 0 bridgehead atoms. The number of hydrogen-bond acceptors (Lipinski definition) is 8. The summed E-state index contributed by atoms with van der Waals surface area (Å²) in [4.78, 5) is 16.2. The highest BCUT2D eigenvalue weighted by atomic mass is 32.1. The molecule has 0 saturated carbocycles. The molecule has 7 nitrogen and oxygen atoms in total. The Kier molecular flexibility index (Phi) is 5.65. The van der Waals surface area contributed by atoms with Gasteiger partial charge in [-0.3, -0.25) is 0 Å². The van der Waals surface area contributed by atoms with Gasteiger partial charge in [0.1, 0.15) is 11.6 Å². The summed E-state index contributed by atoms with van der Waals surface area (Å²) in [5.41, 5.74) is 0.00151. The molecule has 4 heterocycles. The van der Waals surface area contributed by atoms with Gasteiger partial charge in [-0.05, 0) is 19.1 Å². The van der Waals surface area contributed by atoms with Crippen molar-refractivity contribution in [1.29, 1.82) is 0 Å². The van der Waals surface area contributed by atoms with Gasteiger partial charge in [-0.15, -0.1) is 11.3 Å². The predicted molar refractivity (Wildman–Crippen MR) is 111 cm³/mol. The summed E-state index contributed by atoms with van der Waals surface area (Å²) in [7, 11) is 1.71. The summed E-state index contributed by atoms with van der Waals surface area (Å²) in [6.07, 6.45) is -2.67. The van der Waals surface area contributed by atoms with Gasteiger partial charge in [0.25, 0.3) is 0 Å². The number of alkyl halides is 3. The Bertz CT molecular complexity index is 1030. The highest BCUT2D eigenvalue weighted by Crippen LogP contribution is 2.36. The Hall–Kier alpha value is -2.66. The normalized spacial score (nSPS) is 16.0. The van der Waals surface area contributed by atoms with Crippen LogP contribution >= 0.6 is 11.3 Å². The van der Waals surface area contributed by atoms with Crippen LogP contribution in [0.15, 0.2) is 23.7 Å². The Morgan fingerprint density at radius 1 is 1.20 bits per heavy atom. The first kappa shape index (κ1) is 20.6. The minimum atomic E-state index is -4.35. The summed E-state index contributed by atoms with van der Waals surface area (Å²) in [5.74, 6) is 1.73. The Labute approximate surface area is 175 Å². The first-order valence-corrected chi connectivity index (χ1v) is 10.3. The van der Waals surface area contributed by atoms with Gasteiger partial charge in [0, 0.05) is 35.8 Å². The van der Waals surface area contributed by atoms with E-state index in [4.69, 9.17) is 4.74 Å². The molecule has 0 aliphatic carbocycles. The molecular weight excluding hydrogens is 417 g/mol. The topological polar surface area (TPSA) is 75.2 Å². The Balaban J connectivity index is 1.67. The van der Waals surface area contributed by atoms with E-state index in [9.17, 15) is 13.2 Å². The number of fused-ring (bicyclic) bond motifs is 1. The predicted octanol–water partition coefficient (Wildman–Crippen LogP) is 4.16. The third kappa shape index (κ3) is 4.26. The van der Waals surface area contributed by atoms with Gasteiger partial charge in [-0.1, -0.05) is 0 Å². The third-order valence-electron chi connectivity index (χ3n) is 4.85. The van der Waals surface area contributed by atoms with Crippen LogP contribution in [0.4, 0.5) is 30.8 Å². The lowest BCUT2D eigenvalue weighted by atomic mass is 10.2. The molecule has 160 valence electrons. The molecule has 1 aliphatic rings. The maximum Gasteiger partial charge on any atom is 0.417 e. The lowest BCUT2D eigenvalue weighted by molar-refractivity contribution is -0.137. The molecule has 0 spiro atoms. The molecule has 1 atom stereocenters. The zero-order valence-electron chi connectivity index (χ0n) is 16.5. The number of aromatic nitrogens is 3. The summed E-state index contributed by atoms with van der Waals surface area (Å²) >= 11 is 1.07. The van der Waals surface area contributed by atoms with Crippen LogP contribution < -0.4 is 15.5 Å². The van der Waals surface area contributed by atoms with Crippen molar-refractivity contribution in [3.8, 4) is 0 Å². The van der Waals surface area contributed by atoms with Crippen molar-refractivity contribution < 1.29 is 17.9 Å². The van der Waals surface area contributed by atoms with Gasteiger partial charge in [0.2, 0.25) is 5.95 Å². The highest BCUT2D eigenvalue weighted by molar-refractivity contribution is 7.10. The van der Waals surface area contributed by atoms with Crippen LogP contribution in [-0.2, 0) is 10.9 Å². The van der Waals surface area contributed by atoms with Crippen molar-refractivity contribution in [3.63, 3.8) is 0 Å². The minimum Gasteiger partial charge on any atom is -0.378 e. The van der Waals surface area contributed by atoms with E-state index in [2.05, 4.69) is 30.5 Å². The number of anilines is 3. The zero-order chi connectivity index (χ0) is 21.3. The molecule has 1 fully saturated rings. The molecule has 4 rings (SSSR count). The Morgan fingerprint density at radius 2 is 1.97 bits per heavy atom. The number of nitrogens with one attached hydrogen (secondary N) is 2. The molecule has 1 aliphatic heterocycles. The zero-order valence-corrected chi connectivity index (χ0v) is 17.3. The number of morpholine rings is 1. The number of halogens is 3. The first-order valence-electron chi connectivity index (χ1n) is 9.45. The number of nitrogens with zero attached hydrogens (tertiary/aromatic N) is 4. The smallest absolute Gasteiger partial charge is 0.378 e. The fourth-order valence-corrected chi connectivity index (χ4v) is 4.14. The van der Waals surface area contributed by atoms with Gasteiger partial charge >= 0.3 is 6.18 Å². The maximum atomic E-state index is 13.0. The second-order valence-corrected chi connectivity index (χ2v) is 7.85. The third-order valence-corrected chi connectivity index (χ3v) is 5.97. The van der Waals surface area contributed by atoms with Crippen LogP contribution in [-0.4, -0.2) is 48.3 Å². The lowest BCUT2D eigenvalue weighted by Crippen LogP contribution is -2.36. The standard InChI is InChI=1S/C19H21F3N6OS/c1-11(15-7-12(10-30-15)19(20,21)22)25-17-13-8-16(28-3-5-29-6-4-28)24-9-14(13)26-18(23-2)27-17/h7-11H,3-6H2,1-2H3,(H2,23,25,26,27)/t11-/m1/s1. The fraction of sp³-hybridized carbons (Fsp3) is 0.421. The maximum absolute atomic E-state index is 13.0. The monoisotopic (exact) mass is 438 g/mol. The second-order valence-electron chi connectivity index (χ2n) is 6.91. The summed E-state index contributed by atoms with van der Waals surface area (Å²) < 4.78 is 44.3. The van der Waals surface area contributed by atoms with E-state index >= 15 is 0 Å². The minimum absolute atomic E-state index is 0.367. The number of thiophene rings is 1. The molecule has 11 heteroatoms. The van der Waals surface area contributed by atoms with E-state index in [1.807, 2.05) is 13.0 Å². The molecule has 0 amide bonds. The quantitative estimate of drug-likeness (QED) is 0.620. The lowest BCUT2D eigenvalue weighted by Gasteiger charge is -2.28. The van der Waals surface area contributed by atoms with Gasteiger partial charge < -0.3 is 20.3 Å². The second kappa shape index (κ2) is 8.23. The van der Waals surface area contributed by atoms with Gasteiger partial charge in [-0.2, -0.15) is 18.2 Å².